The highest BCUT2D eigenvalue weighted by Crippen LogP contribution is 2.31. The number of para-hydroxylation sites is 1. The summed E-state index contributed by atoms with van der Waals surface area (Å²) < 4.78 is 15.0. The van der Waals surface area contributed by atoms with Crippen LogP contribution in [0.2, 0.25) is 0 Å². The second-order valence-corrected chi connectivity index (χ2v) is 7.42. The number of nitrogens with zero attached hydrogens (tertiary/aromatic N) is 3. The number of likely N-dealkylation sites (N-methyl/N-ethyl adjacent to an activating group) is 1. The average molecular weight is 397 g/mol. The van der Waals surface area contributed by atoms with Crippen molar-refractivity contribution in [3.05, 3.63) is 23.8 Å². The molecule has 0 saturated heterocycles. The molecule has 0 spiro atoms. The molecule has 0 aliphatic heterocycles. The van der Waals surface area contributed by atoms with Gasteiger partial charge in [0.2, 0.25) is 16.2 Å². The minimum atomic E-state index is -0.127. The standard InChI is InChI=1S/C17H24N4O3S2/c1-5-9-25-17-19-16(26-20-17)18-14(22)11-21(2)10-12-7-6-8-13(23-3)15(12)24-4/h6-8H,5,9-11H2,1-4H3,(H,18,19,20,22). The molecule has 2 aromatic rings. The lowest BCUT2D eigenvalue weighted by atomic mass is 10.1. The van der Waals surface area contributed by atoms with Crippen molar-refractivity contribution in [2.75, 3.05) is 38.9 Å². The average Bonchev–Trinajstić information content (AvgIpc) is 3.06. The third kappa shape index (κ3) is 5.86. The quantitative estimate of drug-likeness (QED) is 0.618. The first-order valence-electron chi connectivity index (χ1n) is 8.22. The zero-order chi connectivity index (χ0) is 18.9. The van der Waals surface area contributed by atoms with Crippen LogP contribution in [0.15, 0.2) is 23.4 Å². The summed E-state index contributed by atoms with van der Waals surface area (Å²) in [5.41, 5.74) is 0.955. The molecule has 0 radical (unpaired) electrons. The van der Waals surface area contributed by atoms with E-state index in [1.807, 2.05) is 30.1 Å². The Kier molecular flexibility index (Phi) is 8.14. The molecular weight excluding hydrogens is 372 g/mol. The van der Waals surface area contributed by atoms with Crippen LogP contribution in [0.3, 0.4) is 0 Å². The van der Waals surface area contributed by atoms with E-state index in [1.54, 1.807) is 26.0 Å². The fourth-order valence-corrected chi connectivity index (χ4v) is 3.76. The number of benzene rings is 1. The highest BCUT2D eigenvalue weighted by molar-refractivity contribution is 7.99. The molecule has 0 fully saturated rings. The van der Waals surface area contributed by atoms with Crippen LogP contribution >= 0.6 is 23.3 Å². The lowest BCUT2D eigenvalue weighted by Gasteiger charge is -2.18. The first-order valence-corrected chi connectivity index (χ1v) is 9.98. The summed E-state index contributed by atoms with van der Waals surface area (Å²) in [6, 6.07) is 5.71. The number of nitrogens with one attached hydrogen (secondary N) is 1. The van der Waals surface area contributed by atoms with Crippen LogP contribution in [0.25, 0.3) is 0 Å². The Balaban J connectivity index is 1.90. The van der Waals surface area contributed by atoms with E-state index in [-0.39, 0.29) is 12.5 Å². The largest absolute Gasteiger partial charge is 0.493 e. The first-order chi connectivity index (χ1) is 12.6. The third-order valence-corrected chi connectivity index (χ3v) is 5.23. The zero-order valence-corrected chi connectivity index (χ0v) is 17.1. The van der Waals surface area contributed by atoms with Gasteiger partial charge >= 0.3 is 0 Å². The Bertz CT molecular complexity index is 724. The second-order valence-electron chi connectivity index (χ2n) is 5.60. The van der Waals surface area contributed by atoms with E-state index in [9.17, 15) is 4.79 Å². The number of aromatic nitrogens is 2. The SMILES string of the molecule is CCCSc1nsc(NC(=O)CN(C)Cc2cccc(OC)c2OC)n1. The molecule has 0 atom stereocenters. The second kappa shape index (κ2) is 10.3. The molecule has 0 saturated carbocycles. The molecule has 7 nitrogen and oxygen atoms in total. The molecule has 1 aromatic heterocycles. The Morgan fingerprint density at radius 3 is 2.85 bits per heavy atom. The number of thioether (sulfide) groups is 1. The van der Waals surface area contributed by atoms with E-state index >= 15 is 0 Å². The number of anilines is 1. The van der Waals surface area contributed by atoms with Crippen molar-refractivity contribution in [3.8, 4) is 11.5 Å². The number of hydrogen-bond acceptors (Lipinski definition) is 8. The van der Waals surface area contributed by atoms with Crippen molar-refractivity contribution in [2.24, 2.45) is 0 Å². The molecule has 0 bridgehead atoms. The van der Waals surface area contributed by atoms with E-state index in [0.29, 0.717) is 28.3 Å². The van der Waals surface area contributed by atoms with Crippen LogP contribution in [0.5, 0.6) is 11.5 Å². The molecule has 1 N–H and O–H groups in total. The molecule has 1 aromatic carbocycles. The molecule has 0 unspecified atom stereocenters. The molecule has 9 heteroatoms. The summed E-state index contributed by atoms with van der Waals surface area (Å²) in [5, 5.41) is 4.04. The maximum Gasteiger partial charge on any atom is 0.240 e. The summed E-state index contributed by atoms with van der Waals surface area (Å²) in [4.78, 5) is 18.5. The fraction of sp³-hybridized carbons (Fsp3) is 0.471. The number of methoxy groups -OCH3 is 2. The van der Waals surface area contributed by atoms with Crippen LogP contribution in [0.1, 0.15) is 18.9 Å². The summed E-state index contributed by atoms with van der Waals surface area (Å²) in [7, 11) is 5.09. The monoisotopic (exact) mass is 396 g/mol. The Labute approximate surface area is 162 Å². The topological polar surface area (TPSA) is 76.6 Å². The van der Waals surface area contributed by atoms with Gasteiger partial charge in [-0.2, -0.15) is 9.36 Å². The molecular formula is C17H24N4O3S2. The van der Waals surface area contributed by atoms with Gasteiger partial charge in [0, 0.05) is 29.4 Å². The van der Waals surface area contributed by atoms with Crippen LogP contribution in [0, 0.1) is 0 Å². The number of carbonyl (C=O) groups is 1. The predicted octanol–water partition coefficient (Wildman–Crippen LogP) is 3.13. The molecule has 26 heavy (non-hydrogen) atoms. The van der Waals surface area contributed by atoms with Gasteiger partial charge in [-0.1, -0.05) is 30.8 Å². The summed E-state index contributed by atoms with van der Waals surface area (Å²) in [6.07, 6.45) is 1.06. The van der Waals surface area contributed by atoms with Crippen molar-refractivity contribution in [1.29, 1.82) is 0 Å². The van der Waals surface area contributed by atoms with E-state index in [1.165, 1.54) is 11.5 Å². The number of hydrogen-bond donors (Lipinski definition) is 1. The summed E-state index contributed by atoms with van der Waals surface area (Å²) >= 11 is 2.79. The maximum atomic E-state index is 12.2. The normalized spacial score (nSPS) is 10.8. The van der Waals surface area contributed by atoms with E-state index in [2.05, 4.69) is 21.6 Å². The van der Waals surface area contributed by atoms with Crippen LogP contribution in [0.4, 0.5) is 5.13 Å². The number of rotatable bonds is 10. The van der Waals surface area contributed by atoms with E-state index in [4.69, 9.17) is 9.47 Å². The lowest BCUT2D eigenvalue weighted by Crippen LogP contribution is -2.30. The van der Waals surface area contributed by atoms with Gasteiger partial charge in [-0.05, 0) is 19.5 Å². The van der Waals surface area contributed by atoms with Gasteiger partial charge in [0.05, 0.1) is 20.8 Å². The van der Waals surface area contributed by atoms with E-state index < -0.39 is 0 Å². The van der Waals surface area contributed by atoms with Crippen molar-refractivity contribution in [2.45, 2.75) is 25.0 Å². The van der Waals surface area contributed by atoms with Crippen molar-refractivity contribution >= 4 is 34.3 Å². The van der Waals surface area contributed by atoms with Gasteiger partial charge in [-0.25, -0.2) is 0 Å². The van der Waals surface area contributed by atoms with Gasteiger partial charge in [0.25, 0.3) is 0 Å². The fourth-order valence-electron chi connectivity index (χ4n) is 2.34. The minimum Gasteiger partial charge on any atom is -0.493 e. The highest BCUT2D eigenvalue weighted by atomic mass is 32.2. The molecule has 1 heterocycles. The third-order valence-electron chi connectivity index (χ3n) is 3.43. The lowest BCUT2D eigenvalue weighted by molar-refractivity contribution is -0.117. The van der Waals surface area contributed by atoms with Crippen LogP contribution < -0.4 is 14.8 Å². The Morgan fingerprint density at radius 1 is 1.35 bits per heavy atom. The number of amides is 1. The first kappa shape index (κ1) is 20.5. The van der Waals surface area contributed by atoms with Crippen molar-refractivity contribution in [3.63, 3.8) is 0 Å². The minimum absolute atomic E-state index is 0.127. The number of carbonyl (C=O) groups excluding carboxylic acids is 1. The molecule has 0 aliphatic rings. The van der Waals surface area contributed by atoms with E-state index in [0.717, 1.165) is 17.7 Å². The molecule has 1 amide bonds. The van der Waals surface area contributed by atoms with Gasteiger partial charge < -0.3 is 9.47 Å². The Hall–Kier alpha value is -1.84. The summed E-state index contributed by atoms with van der Waals surface area (Å²) in [5.74, 6) is 2.20. The van der Waals surface area contributed by atoms with Gasteiger partial charge in [0.1, 0.15) is 0 Å². The Morgan fingerprint density at radius 2 is 2.15 bits per heavy atom. The van der Waals surface area contributed by atoms with Crippen LogP contribution in [-0.4, -0.2) is 53.7 Å². The molecule has 2 rings (SSSR count). The predicted molar refractivity (Wildman–Crippen MR) is 105 cm³/mol. The van der Waals surface area contributed by atoms with Crippen molar-refractivity contribution in [1.82, 2.24) is 14.3 Å². The van der Waals surface area contributed by atoms with Gasteiger partial charge in [-0.15, -0.1) is 0 Å². The highest BCUT2D eigenvalue weighted by Gasteiger charge is 2.14. The molecule has 0 aliphatic carbocycles. The number of ether oxygens (including phenoxy) is 2. The van der Waals surface area contributed by atoms with Gasteiger partial charge in [-0.3, -0.25) is 15.0 Å². The zero-order valence-electron chi connectivity index (χ0n) is 15.4. The smallest absolute Gasteiger partial charge is 0.240 e. The molecule has 142 valence electrons. The van der Waals surface area contributed by atoms with Crippen LogP contribution in [-0.2, 0) is 11.3 Å². The maximum absolute atomic E-state index is 12.2. The van der Waals surface area contributed by atoms with Crippen molar-refractivity contribution < 1.29 is 14.3 Å². The summed E-state index contributed by atoms with van der Waals surface area (Å²) in [6.45, 7) is 2.90. The van der Waals surface area contributed by atoms with Gasteiger partial charge in [0.15, 0.2) is 11.5 Å².